The normalized spacial score (nSPS) is 12.4. The van der Waals surface area contributed by atoms with Crippen LogP contribution < -0.4 is 15.4 Å². The lowest BCUT2D eigenvalue weighted by atomic mass is 10.1. The van der Waals surface area contributed by atoms with Crippen molar-refractivity contribution in [1.29, 1.82) is 0 Å². The molecule has 0 aliphatic carbocycles. The summed E-state index contributed by atoms with van der Waals surface area (Å²) in [5.74, 6) is 0.582. The highest BCUT2D eigenvalue weighted by atomic mass is 19.4. The number of urea groups is 1. The van der Waals surface area contributed by atoms with Crippen LogP contribution in [0.1, 0.15) is 24.1 Å². The Bertz CT molecular complexity index is 717. The Labute approximate surface area is 137 Å². The number of hydrogen-bond acceptors (Lipinski definition) is 2. The second-order valence-corrected chi connectivity index (χ2v) is 5.18. The zero-order chi connectivity index (χ0) is 17.7. The molecular weight excluding hydrogens is 321 g/mol. The Kier molecular flexibility index (Phi) is 5.33. The first-order valence-corrected chi connectivity index (χ1v) is 7.18. The summed E-state index contributed by atoms with van der Waals surface area (Å²) in [6, 6.07) is 10.5. The maximum absolute atomic E-state index is 12.7. The predicted molar refractivity (Wildman–Crippen MR) is 85.0 cm³/mol. The molecule has 0 aliphatic heterocycles. The topological polar surface area (TPSA) is 50.4 Å². The van der Waals surface area contributed by atoms with Crippen LogP contribution in [0.15, 0.2) is 48.5 Å². The smallest absolute Gasteiger partial charge is 0.416 e. The molecule has 0 fully saturated rings. The van der Waals surface area contributed by atoms with Crippen molar-refractivity contribution in [3.63, 3.8) is 0 Å². The van der Waals surface area contributed by atoms with Crippen molar-refractivity contribution in [1.82, 2.24) is 5.32 Å². The molecule has 0 aliphatic rings. The van der Waals surface area contributed by atoms with Gasteiger partial charge in [-0.1, -0.05) is 18.2 Å². The Morgan fingerprint density at radius 1 is 1.12 bits per heavy atom. The number of carbonyl (C=O) groups is 1. The molecule has 2 aromatic rings. The SMILES string of the molecule is COc1cccc(NC(=O)N[C@@H](C)c2cccc(C(F)(F)F)c2)c1. The molecule has 7 heteroatoms. The van der Waals surface area contributed by atoms with Gasteiger partial charge in [-0.15, -0.1) is 0 Å². The Hall–Kier alpha value is -2.70. The van der Waals surface area contributed by atoms with Gasteiger partial charge in [0, 0.05) is 11.8 Å². The highest BCUT2D eigenvalue weighted by Crippen LogP contribution is 2.30. The Morgan fingerprint density at radius 3 is 2.50 bits per heavy atom. The number of methoxy groups -OCH3 is 1. The van der Waals surface area contributed by atoms with Crippen LogP contribution in [0.2, 0.25) is 0 Å². The van der Waals surface area contributed by atoms with Gasteiger partial charge in [-0.05, 0) is 36.8 Å². The van der Waals surface area contributed by atoms with Crippen molar-refractivity contribution in [3.05, 3.63) is 59.7 Å². The van der Waals surface area contributed by atoms with Gasteiger partial charge in [-0.25, -0.2) is 4.79 Å². The Morgan fingerprint density at radius 2 is 1.83 bits per heavy atom. The van der Waals surface area contributed by atoms with E-state index in [1.807, 2.05) is 0 Å². The summed E-state index contributed by atoms with van der Waals surface area (Å²) in [4.78, 5) is 12.0. The number of hydrogen-bond donors (Lipinski definition) is 2. The molecule has 0 aromatic heterocycles. The van der Waals surface area contributed by atoms with Gasteiger partial charge < -0.3 is 15.4 Å². The number of nitrogens with one attached hydrogen (secondary N) is 2. The van der Waals surface area contributed by atoms with Gasteiger partial charge in [0.15, 0.2) is 0 Å². The van der Waals surface area contributed by atoms with Crippen molar-refractivity contribution >= 4 is 11.7 Å². The summed E-state index contributed by atoms with van der Waals surface area (Å²) < 4.78 is 43.3. The van der Waals surface area contributed by atoms with E-state index in [0.717, 1.165) is 12.1 Å². The number of ether oxygens (including phenoxy) is 1. The quantitative estimate of drug-likeness (QED) is 0.856. The molecule has 2 aromatic carbocycles. The third-order valence-corrected chi connectivity index (χ3v) is 3.39. The molecule has 24 heavy (non-hydrogen) atoms. The first-order chi connectivity index (χ1) is 11.3. The van der Waals surface area contributed by atoms with Crippen LogP contribution in [0.25, 0.3) is 0 Å². The van der Waals surface area contributed by atoms with Crippen molar-refractivity contribution in [2.45, 2.75) is 19.1 Å². The van der Waals surface area contributed by atoms with Crippen LogP contribution in [0.3, 0.4) is 0 Å². The van der Waals surface area contributed by atoms with Crippen LogP contribution in [-0.2, 0) is 6.18 Å². The first-order valence-electron chi connectivity index (χ1n) is 7.18. The molecule has 0 bridgehead atoms. The van der Waals surface area contributed by atoms with E-state index in [0.29, 0.717) is 17.0 Å². The van der Waals surface area contributed by atoms with Crippen LogP contribution in [0, 0.1) is 0 Å². The fourth-order valence-electron chi connectivity index (χ4n) is 2.13. The van der Waals surface area contributed by atoms with E-state index in [9.17, 15) is 18.0 Å². The van der Waals surface area contributed by atoms with E-state index in [4.69, 9.17) is 4.74 Å². The molecule has 0 unspecified atom stereocenters. The van der Waals surface area contributed by atoms with E-state index < -0.39 is 23.8 Å². The van der Waals surface area contributed by atoms with Gasteiger partial charge in [0.1, 0.15) is 5.75 Å². The van der Waals surface area contributed by atoms with Gasteiger partial charge in [-0.2, -0.15) is 13.2 Å². The minimum Gasteiger partial charge on any atom is -0.497 e. The standard InChI is InChI=1S/C17H17F3N2O2/c1-11(12-5-3-6-13(9-12)17(18,19)20)21-16(23)22-14-7-4-8-15(10-14)24-2/h3-11H,1-2H3,(H2,21,22,23)/t11-/m0/s1. The number of carbonyl (C=O) groups excluding carboxylic acids is 1. The molecule has 4 nitrogen and oxygen atoms in total. The van der Waals surface area contributed by atoms with Crippen molar-refractivity contribution < 1.29 is 22.7 Å². The van der Waals surface area contributed by atoms with E-state index in [1.165, 1.54) is 19.2 Å². The minimum absolute atomic E-state index is 0.366. The molecule has 2 rings (SSSR count). The molecule has 0 spiro atoms. The van der Waals surface area contributed by atoms with Crippen molar-refractivity contribution in [2.24, 2.45) is 0 Å². The molecule has 1 atom stereocenters. The fourth-order valence-corrected chi connectivity index (χ4v) is 2.13. The van der Waals surface area contributed by atoms with E-state index in [2.05, 4.69) is 10.6 Å². The predicted octanol–water partition coefficient (Wildman–Crippen LogP) is 4.60. The highest BCUT2D eigenvalue weighted by Gasteiger charge is 2.30. The van der Waals surface area contributed by atoms with Crippen LogP contribution in [0.5, 0.6) is 5.75 Å². The Balaban J connectivity index is 2.03. The molecule has 2 amide bonds. The number of amides is 2. The van der Waals surface area contributed by atoms with E-state index in [-0.39, 0.29) is 0 Å². The van der Waals surface area contributed by atoms with Crippen LogP contribution in [0.4, 0.5) is 23.7 Å². The minimum atomic E-state index is -4.42. The lowest BCUT2D eigenvalue weighted by Gasteiger charge is -2.17. The van der Waals surface area contributed by atoms with E-state index in [1.54, 1.807) is 31.2 Å². The average Bonchev–Trinajstić information content (AvgIpc) is 2.54. The summed E-state index contributed by atoms with van der Waals surface area (Å²) in [6.07, 6.45) is -4.42. The largest absolute Gasteiger partial charge is 0.497 e. The van der Waals surface area contributed by atoms with Crippen molar-refractivity contribution in [2.75, 3.05) is 12.4 Å². The number of alkyl halides is 3. The summed E-state index contributed by atoms with van der Waals surface area (Å²) >= 11 is 0. The molecular formula is C17H17F3N2O2. The maximum atomic E-state index is 12.7. The zero-order valence-corrected chi connectivity index (χ0v) is 13.1. The first kappa shape index (κ1) is 17.7. The molecule has 128 valence electrons. The lowest BCUT2D eigenvalue weighted by Crippen LogP contribution is -2.31. The lowest BCUT2D eigenvalue weighted by molar-refractivity contribution is -0.137. The summed E-state index contributed by atoms with van der Waals surface area (Å²) in [6.45, 7) is 1.61. The molecule has 2 N–H and O–H groups in total. The highest BCUT2D eigenvalue weighted by molar-refractivity contribution is 5.89. The third-order valence-electron chi connectivity index (χ3n) is 3.39. The molecule has 0 heterocycles. The summed E-state index contributed by atoms with van der Waals surface area (Å²) in [5.41, 5.74) is 0.135. The summed E-state index contributed by atoms with van der Waals surface area (Å²) in [7, 11) is 1.51. The summed E-state index contributed by atoms with van der Waals surface area (Å²) in [5, 5.41) is 5.21. The average molecular weight is 338 g/mol. The maximum Gasteiger partial charge on any atom is 0.416 e. The van der Waals surface area contributed by atoms with Gasteiger partial charge in [0.2, 0.25) is 0 Å². The molecule has 0 saturated heterocycles. The fraction of sp³-hybridized carbons (Fsp3) is 0.235. The van der Waals surface area contributed by atoms with Gasteiger partial charge in [0.25, 0.3) is 0 Å². The van der Waals surface area contributed by atoms with Gasteiger partial charge in [0.05, 0.1) is 18.7 Å². The van der Waals surface area contributed by atoms with Gasteiger partial charge in [-0.3, -0.25) is 0 Å². The molecule has 0 radical (unpaired) electrons. The second kappa shape index (κ2) is 7.25. The third kappa shape index (κ3) is 4.65. The monoisotopic (exact) mass is 338 g/mol. The second-order valence-electron chi connectivity index (χ2n) is 5.18. The number of rotatable bonds is 4. The van der Waals surface area contributed by atoms with Crippen molar-refractivity contribution in [3.8, 4) is 5.75 Å². The zero-order valence-electron chi connectivity index (χ0n) is 13.1. The number of halogens is 3. The van der Waals surface area contributed by atoms with Crippen LogP contribution >= 0.6 is 0 Å². The van der Waals surface area contributed by atoms with Crippen LogP contribution in [-0.4, -0.2) is 13.1 Å². The molecule has 0 saturated carbocycles. The number of benzene rings is 2. The van der Waals surface area contributed by atoms with E-state index >= 15 is 0 Å². The van der Waals surface area contributed by atoms with Gasteiger partial charge >= 0.3 is 12.2 Å². The number of anilines is 1.